The van der Waals surface area contributed by atoms with Crippen molar-refractivity contribution in [2.75, 3.05) is 5.73 Å². The number of hydrogen-bond donors (Lipinski definition) is 1. The molecule has 19 heavy (non-hydrogen) atoms. The number of aromatic nitrogens is 2. The van der Waals surface area contributed by atoms with Crippen LogP contribution in [0.3, 0.4) is 0 Å². The highest BCUT2D eigenvalue weighted by Crippen LogP contribution is 2.27. The molecule has 0 saturated heterocycles. The summed E-state index contributed by atoms with van der Waals surface area (Å²) < 4.78 is 15.9. The van der Waals surface area contributed by atoms with Gasteiger partial charge in [-0.05, 0) is 36.4 Å². The van der Waals surface area contributed by atoms with Gasteiger partial charge < -0.3 is 5.73 Å². The van der Waals surface area contributed by atoms with Crippen LogP contribution in [-0.4, -0.2) is 9.55 Å². The summed E-state index contributed by atoms with van der Waals surface area (Å²) in [5.74, 6) is -0.132. The third-order valence-electron chi connectivity index (χ3n) is 2.80. The fourth-order valence-electron chi connectivity index (χ4n) is 1.97. The van der Waals surface area contributed by atoms with Crippen LogP contribution in [0.5, 0.6) is 0 Å². The first-order valence-electron chi connectivity index (χ1n) is 5.45. The third kappa shape index (κ3) is 2.09. The van der Waals surface area contributed by atoms with E-state index in [4.69, 9.17) is 17.3 Å². The van der Waals surface area contributed by atoms with Gasteiger partial charge >= 0.3 is 0 Å². The van der Waals surface area contributed by atoms with Gasteiger partial charge in [-0.1, -0.05) is 27.5 Å². The first-order valence-corrected chi connectivity index (χ1v) is 6.62. The molecule has 3 nitrogen and oxygen atoms in total. The van der Waals surface area contributed by atoms with E-state index >= 15 is 0 Å². The highest BCUT2D eigenvalue weighted by atomic mass is 79.9. The van der Waals surface area contributed by atoms with Gasteiger partial charge in [0.1, 0.15) is 5.82 Å². The zero-order valence-corrected chi connectivity index (χ0v) is 11.9. The Labute approximate surface area is 121 Å². The lowest BCUT2D eigenvalue weighted by molar-refractivity contribution is 0.628. The quantitative estimate of drug-likeness (QED) is 0.723. The molecule has 0 amide bonds. The van der Waals surface area contributed by atoms with Gasteiger partial charge in [0.25, 0.3) is 0 Å². The summed E-state index contributed by atoms with van der Waals surface area (Å²) in [5, 5.41) is 0.0517. The summed E-state index contributed by atoms with van der Waals surface area (Å²) >= 11 is 9.19. The molecule has 0 atom stereocenters. The van der Waals surface area contributed by atoms with Gasteiger partial charge in [-0.15, -0.1) is 0 Å². The molecule has 0 aliphatic heterocycles. The Morgan fingerprint density at radius 2 is 2.00 bits per heavy atom. The Balaban J connectivity index is 2.29. The van der Waals surface area contributed by atoms with Crippen molar-refractivity contribution in [1.29, 1.82) is 0 Å². The molecule has 0 unspecified atom stereocenters. The van der Waals surface area contributed by atoms with Gasteiger partial charge in [-0.3, -0.25) is 4.57 Å². The van der Waals surface area contributed by atoms with Crippen LogP contribution in [0.1, 0.15) is 0 Å². The minimum absolute atomic E-state index is 0.0517. The molecule has 6 heteroatoms. The number of halogens is 3. The highest BCUT2D eigenvalue weighted by molar-refractivity contribution is 9.10. The molecule has 0 fully saturated rings. The molecule has 2 aromatic carbocycles. The van der Waals surface area contributed by atoms with E-state index in [1.807, 2.05) is 18.2 Å². The van der Waals surface area contributed by atoms with Crippen LogP contribution in [0.15, 0.2) is 40.9 Å². The van der Waals surface area contributed by atoms with Gasteiger partial charge in [0.2, 0.25) is 5.95 Å². The Bertz CT molecular complexity index is 785. The lowest BCUT2D eigenvalue weighted by Crippen LogP contribution is -2.00. The number of imidazole rings is 1. The lowest BCUT2D eigenvalue weighted by atomic mass is 10.2. The van der Waals surface area contributed by atoms with E-state index in [1.165, 1.54) is 12.1 Å². The maximum absolute atomic E-state index is 13.2. The van der Waals surface area contributed by atoms with Gasteiger partial charge in [0, 0.05) is 4.47 Å². The topological polar surface area (TPSA) is 43.8 Å². The maximum atomic E-state index is 13.2. The van der Waals surface area contributed by atoms with Crippen molar-refractivity contribution >= 4 is 44.5 Å². The second kappa shape index (κ2) is 4.51. The van der Waals surface area contributed by atoms with Crippen LogP contribution in [0.4, 0.5) is 10.3 Å². The summed E-state index contributed by atoms with van der Waals surface area (Å²) in [6.45, 7) is 0. The molecule has 0 bridgehead atoms. The molecule has 2 N–H and O–H groups in total. The number of anilines is 1. The minimum atomic E-state index is -0.462. The molecule has 1 heterocycles. The number of nitrogen functional groups attached to an aromatic ring is 1. The average Bonchev–Trinajstić information content (AvgIpc) is 2.68. The van der Waals surface area contributed by atoms with Gasteiger partial charge in [-0.25, -0.2) is 9.37 Å². The van der Waals surface area contributed by atoms with Crippen molar-refractivity contribution in [3.8, 4) is 5.69 Å². The molecule has 3 aromatic rings. The number of fused-ring (bicyclic) bond motifs is 1. The smallest absolute Gasteiger partial charge is 0.205 e. The van der Waals surface area contributed by atoms with Crippen LogP contribution in [0, 0.1) is 5.82 Å². The molecule has 0 saturated carbocycles. The zero-order chi connectivity index (χ0) is 13.6. The monoisotopic (exact) mass is 339 g/mol. The number of benzene rings is 2. The van der Waals surface area contributed by atoms with E-state index in [2.05, 4.69) is 20.9 Å². The molecule has 0 radical (unpaired) electrons. The SMILES string of the molecule is Nc1nc2cc(Br)ccc2n1-c1ccc(F)c(Cl)c1. The second-order valence-corrected chi connectivity index (χ2v) is 5.36. The third-order valence-corrected chi connectivity index (χ3v) is 3.59. The van der Waals surface area contributed by atoms with E-state index in [1.54, 1.807) is 10.6 Å². The fraction of sp³-hybridized carbons (Fsp3) is 0. The van der Waals surface area contributed by atoms with Crippen LogP contribution < -0.4 is 5.73 Å². The standard InChI is InChI=1S/C13H8BrClFN3/c14-7-1-4-12-11(5-7)18-13(17)19(12)8-2-3-10(16)9(15)6-8/h1-6H,(H2,17,18). The average molecular weight is 341 g/mol. The second-order valence-electron chi connectivity index (χ2n) is 4.04. The van der Waals surface area contributed by atoms with E-state index in [-0.39, 0.29) is 5.02 Å². The predicted molar refractivity (Wildman–Crippen MR) is 78.2 cm³/mol. The number of nitrogens with two attached hydrogens (primary N) is 1. The van der Waals surface area contributed by atoms with Crippen LogP contribution in [0.2, 0.25) is 5.02 Å². The van der Waals surface area contributed by atoms with E-state index < -0.39 is 5.82 Å². The van der Waals surface area contributed by atoms with Gasteiger partial charge in [-0.2, -0.15) is 0 Å². The first-order chi connectivity index (χ1) is 9.06. The molecular formula is C13H8BrClFN3. The lowest BCUT2D eigenvalue weighted by Gasteiger charge is -2.07. The summed E-state index contributed by atoms with van der Waals surface area (Å²) in [4.78, 5) is 4.28. The molecule has 96 valence electrons. The van der Waals surface area contributed by atoms with Crippen LogP contribution in [0.25, 0.3) is 16.7 Å². The van der Waals surface area contributed by atoms with Crippen LogP contribution in [-0.2, 0) is 0 Å². The Kier molecular flexibility index (Phi) is 2.95. The van der Waals surface area contributed by atoms with Crippen molar-refractivity contribution in [2.24, 2.45) is 0 Å². The Morgan fingerprint density at radius 1 is 1.21 bits per heavy atom. The van der Waals surface area contributed by atoms with E-state index in [9.17, 15) is 4.39 Å². The van der Waals surface area contributed by atoms with Crippen molar-refractivity contribution in [1.82, 2.24) is 9.55 Å². The summed E-state index contributed by atoms with van der Waals surface area (Å²) in [6, 6.07) is 10.1. The predicted octanol–water partition coefficient (Wildman–Crippen LogP) is 4.16. The highest BCUT2D eigenvalue weighted by Gasteiger charge is 2.11. The van der Waals surface area contributed by atoms with E-state index in [0.717, 1.165) is 15.5 Å². The zero-order valence-electron chi connectivity index (χ0n) is 9.57. The maximum Gasteiger partial charge on any atom is 0.205 e. The van der Waals surface area contributed by atoms with Gasteiger partial charge in [0.05, 0.1) is 21.7 Å². The van der Waals surface area contributed by atoms with Crippen LogP contribution >= 0.6 is 27.5 Å². The summed E-state index contributed by atoms with van der Waals surface area (Å²) in [5.41, 5.74) is 8.19. The van der Waals surface area contributed by atoms with Crippen molar-refractivity contribution < 1.29 is 4.39 Å². The van der Waals surface area contributed by atoms with Crippen molar-refractivity contribution in [3.63, 3.8) is 0 Å². The molecule has 0 aliphatic carbocycles. The number of hydrogen-bond acceptors (Lipinski definition) is 2. The summed E-state index contributed by atoms with van der Waals surface area (Å²) in [6.07, 6.45) is 0. The van der Waals surface area contributed by atoms with Gasteiger partial charge in [0.15, 0.2) is 0 Å². The van der Waals surface area contributed by atoms with Crippen molar-refractivity contribution in [2.45, 2.75) is 0 Å². The molecule has 1 aromatic heterocycles. The molecular weight excluding hydrogens is 333 g/mol. The number of rotatable bonds is 1. The minimum Gasteiger partial charge on any atom is -0.369 e. The largest absolute Gasteiger partial charge is 0.369 e. The molecule has 0 spiro atoms. The normalized spacial score (nSPS) is 11.1. The number of nitrogens with zero attached hydrogens (tertiary/aromatic N) is 2. The van der Waals surface area contributed by atoms with E-state index in [0.29, 0.717) is 11.6 Å². The summed E-state index contributed by atoms with van der Waals surface area (Å²) in [7, 11) is 0. The fourth-order valence-corrected chi connectivity index (χ4v) is 2.49. The van der Waals surface area contributed by atoms with Crippen molar-refractivity contribution in [3.05, 3.63) is 51.7 Å². The molecule has 3 rings (SSSR count). The molecule has 0 aliphatic rings. The first kappa shape index (κ1) is 12.4. The Hall–Kier alpha value is -1.59. The Morgan fingerprint density at radius 3 is 2.74 bits per heavy atom.